The SMILES string of the molecule is CNc1cc2nc3c1ncn3C(=O)N[C@H](C)COCc1ccc(C(F)(F)F)c(c1)N2. The van der Waals surface area contributed by atoms with Crippen molar-refractivity contribution in [1.82, 2.24) is 19.9 Å². The van der Waals surface area contributed by atoms with Crippen LogP contribution in [0.15, 0.2) is 30.6 Å². The fourth-order valence-corrected chi connectivity index (χ4v) is 3.24. The first-order valence-electron chi connectivity index (χ1n) is 9.18. The number of halogens is 3. The molecule has 3 N–H and O–H groups in total. The highest BCUT2D eigenvalue weighted by atomic mass is 19.4. The van der Waals surface area contributed by atoms with Crippen LogP contribution in [0, 0.1) is 0 Å². The van der Waals surface area contributed by atoms with Gasteiger partial charge in [-0.2, -0.15) is 13.2 Å². The van der Waals surface area contributed by atoms with Crippen LogP contribution < -0.4 is 16.0 Å². The van der Waals surface area contributed by atoms with Gasteiger partial charge in [0.25, 0.3) is 0 Å². The fourth-order valence-electron chi connectivity index (χ4n) is 3.24. The average molecular weight is 420 g/mol. The van der Waals surface area contributed by atoms with E-state index in [0.29, 0.717) is 16.8 Å². The zero-order valence-electron chi connectivity index (χ0n) is 16.2. The van der Waals surface area contributed by atoms with E-state index in [2.05, 4.69) is 25.9 Å². The molecule has 3 aromatic rings. The maximum absolute atomic E-state index is 13.5. The molecule has 0 aliphatic carbocycles. The van der Waals surface area contributed by atoms with Crippen LogP contribution >= 0.6 is 0 Å². The van der Waals surface area contributed by atoms with Gasteiger partial charge >= 0.3 is 12.2 Å². The van der Waals surface area contributed by atoms with Crippen molar-refractivity contribution in [1.29, 1.82) is 0 Å². The zero-order chi connectivity index (χ0) is 21.5. The Morgan fingerprint density at radius 1 is 1.30 bits per heavy atom. The highest BCUT2D eigenvalue weighted by molar-refractivity contribution is 5.94. The van der Waals surface area contributed by atoms with E-state index in [4.69, 9.17) is 4.74 Å². The predicted octanol–water partition coefficient (Wildman–Crippen LogP) is 3.71. The van der Waals surface area contributed by atoms with Crippen LogP contribution in [0.2, 0.25) is 0 Å². The predicted molar refractivity (Wildman–Crippen MR) is 105 cm³/mol. The molecule has 0 unspecified atom stereocenters. The van der Waals surface area contributed by atoms with Crippen molar-refractivity contribution < 1.29 is 22.7 Å². The van der Waals surface area contributed by atoms with E-state index in [9.17, 15) is 18.0 Å². The molecule has 1 aliphatic rings. The summed E-state index contributed by atoms with van der Waals surface area (Å²) in [5.74, 6) is 0.134. The lowest BCUT2D eigenvalue weighted by Gasteiger charge is -2.18. The molecule has 1 aromatic carbocycles. The van der Waals surface area contributed by atoms with Gasteiger partial charge in [-0.1, -0.05) is 6.07 Å². The number of pyridine rings is 1. The van der Waals surface area contributed by atoms with Gasteiger partial charge in [-0.25, -0.2) is 19.3 Å². The summed E-state index contributed by atoms with van der Waals surface area (Å²) in [6, 6.07) is 4.51. The molecule has 4 bridgehead atoms. The van der Waals surface area contributed by atoms with Gasteiger partial charge in [0.2, 0.25) is 0 Å². The third-order valence-electron chi connectivity index (χ3n) is 4.65. The minimum Gasteiger partial charge on any atom is -0.386 e. The van der Waals surface area contributed by atoms with Crippen molar-refractivity contribution in [2.24, 2.45) is 0 Å². The Morgan fingerprint density at radius 3 is 2.83 bits per heavy atom. The third-order valence-corrected chi connectivity index (χ3v) is 4.65. The Labute approximate surface area is 169 Å². The van der Waals surface area contributed by atoms with Crippen molar-refractivity contribution in [2.45, 2.75) is 25.7 Å². The summed E-state index contributed by atoms with van der Waals surface area (Å²) in [4.78, 5) is 21.2. The Kier molecular flexibility index (Phi) is 4.98. The molecule has 0 saturated carbocycles. The number of imidazole rings is 1. The second kappa shape index (κ2) is 7.48. The lowest BCUT2D eigenvalue weighted by Crippen LogP contribution is -2.38. The van der Waals surface area contributed by atoms with Crippen LogP contribution in [0.5, 0.6) is 0 Å². The number of nitrogens with zero attached hydrogens (tertiary/aromatic N) is 3. The summed E-state index contributed by atoms with van der Waals surface area (Å²) in [5.41, 5.74) is 0.711. The summed E-state index contributed by atoms with van der Waals surface area (Å²) in [6.07, 6.45) is -3.24. The normalized spacial score (nSPS) is 17.4. The number of nitrogens with one attached hydrogen (secondary N) is 3. The summed E-state index contributed by atoms with van der Waals surface area (Å²) in [6.45, 7) is 2.04. The van der Waals surface area contributed by atoms with E-state index in [1.807, 2.05) is 0 Å². The first-order chi connectivity index (χ1) is 14.3. The van der Waals surface area contributed by atoms with Crippen molar-refractivity contribution in [3.8, 4) is 0 Å². The first kappa shape index (κ1) is 20.0. The molecule has 8 nitrogen and oxygen atoms in total. The molecular formula is C19H19F3N6O2. The van der Waals surface area contributed by atoms with E-state index in [0.717, 1.165) is 6.07 Å². The number of ether oxygens (including phenoxy) is 1. The number of amides is 1. The van der Waals surface area contributed by atoms with Gasteiger partial charge in [-0.15, -0.1) is 0 Å². The molecule has 1 aliphatic heterocycles. The summed E-state index contributed by atoms with van der Waals surface area (Å²) < 4.78 is 47.4. The number of anilines is 3. The highest BCUT2D eigenvalue weighted by Crippen LogP contribution is 2.37. The molecule has 1 amide bonds. The monoisotopic (exact) mass is 420 g/mol. The van der Waals surface area contributed by atoms with Crippen molar-refractivity contribution >= 4 is 34.4 Å². The quantitative estimate of drug-likeness (QED) is 0.556. The van der Waals surface area contributed by atoms with Crippen LogP contribution in [0.3, 0.4) is 0 Å². The van der Waals surface area contributed by atoms with Gasteiger partial charge in [0.1, 0.15) is 17.7 Å². The molecule has 3 heterocycles. The fraction of sp³-hybridized carbons (Fsp3) is 0.316. The Bertz CT molecular complexity index is 1110. The van der Waals surface area contributed by atoms with Crippen LogP contribution in [0.25, 0.3) is 11.2 Å². The van der Waals surface area contributed by atoms with E-state index in [1.165, 1.54) is 29.1 Å². The largest absolute Gasteiger partial charge is 0.418 e. The average Bonchev–Trinajstić information content (AvgIpc) is 3.10. The number of fused-ring (bicyclic) bond motifs is 3. The standard InChI is InChI=1S/C19H19F3N6O2/c1-10-7-30-8-11-3-4-12(19(20,21)22)13(5-11)26-15-6-14(23-2)16-17(27-15)28(9-24-16)18(29)25-10/h3-6,9-10H,7-8H2,1-2H3,(H,25,29)(H2,23,26,27)/t10-/m1/s1. The molecule has 0 radical (unpaired) electrons. The van der Waals surface area contributed by atoms with Crippen molar-refractivity contribution in [3.63, 3.8) is 0 Å². The molecule has 158 valence electrons. The molecule has 2 aromatic heterocycles. The van der Waals surface area contributed by atoms with Crippen LogP contribution in [0.4, 0.5) is 35.2 Å². The van der Waals surface area contributed by atoms with Crippen molar-refractivity contribution in [3.05, 3.63) is 41.7 Å². The molecular weight excluding hydrogens is 401 g/mol. The molecule has 11 heteroatoms. The van der Waals surface area contributed by atoms with Gasteiger partial charge in [-0.05, 0) is 24.6 Å². The van der Waals surface area contributed by atoms with Gasteiger partial charge in [0, 0.05) is 13.1 Å². The summed E-state index contributed by atoms with van der Waals surface area (Å²) >= 11 is 0. The molecule has 1 atom stereocenters. The summed E-state index contributed by atoms with van der Waals surface area (Å²) in [5, 5.41) is 8.48. The number of carbonyl (C=O) groups is 1. The number of hydrogen-bond donors (Lipinski definition) is 3. The number of alkyl halides is 3. The third kappa shape index (κ3) is 3.75. The van der Waals surface area contributed by atoms with E-state index in [1.54, 1.807) is 14.0 Å². The first-order valence-corrected chi connectivity index (χ1v) is 9.18. The van der Waals surface area contributed by atoms with Gasteiger partial charge in [0.05, 0.1) is 36.2 Å². The smallest absolute Gasteiger partial charge is 0.386 e. The topological polar surface area (TPSA) is 93.1 Å². The lowest BCUT2D eigenvalue weighted by molar-refractivity contribution is -0.136. The van der Waals surface area contributed by atoms with E-state index in [-0.39, 0.29) is 36.4 Å². The number of hydrogen-bond acceptors (Lipinski definition) is 6. The number of benzene rings is 1. The molecule has 4 rings (SSSR count). The Hall–Kier alpha value is -3.34. The minimum absolute atomic E-state index is 0.0948. The van der Waals surface area contributed by atoms with Crippen molar-refractivity contribution in [2.75, 3.05) is 24.3 Å². The van der Waals surface area contributed by atoms with Gasteiger partial charge in [0.15, 0.2) is 5.65 Å². The van der Waals surface area contributed by atoms with E-state index < -0.39 is 17.8 Å². The number of aromatic nitrogens is 3. The maximum atomic E-state index is 13.5. The maximum Gasteiger partial charge on any atom is 0.418 e. The van der Waals surface area contributed by atoms with E-state index >= 15 is 0 Å². The zero-order valence-corrected chi connectivity index (χ0v) is 16.2. The van der Waals surface area contributed by atoms with Gasteiger partial charge in [-0.3, -0.25) is 0 Å². The Morgan fingerprint density at radius 2 is 2.10 bits per heavy atom. The molecule has 0 fully saturated rings. The minimum atomic E-state index is -4.56. The highest BCUT2D eigenvalue weighted by Gasteiger charge is 2.34. The van der Waals surface area contributed by atoms with Crippen LogP contribution in [0.1, 0.15) is 18.1 Å². The molecule has 30 heavy (non-hydrogen) atoms. The van der Waals surface area contributed by atoms with Gasteiger partial charge < -0.3 is 20.7 Å². The molecule has 0 spiro atoms. The second-order valence-corrected chi connectivity index (χ2v) is 6.96. The van der Waals surface area contributed by atoms with Crippen LogP contribution in [-0.4, -0.2) is 40.3 Å². The lowest BCUT2D eigenvalue weighted by atomic mass is 10.1. The summed E-state index contributed by atoms with van der Waals surface area (Å²) in [7, 11) is 1.65. The second-order valence-electron chi connectivity index (χ2n) is 6.96. The number of rotatable bonds is 1. The molecule has 0 saturated heterocycles. The Balaban J connectivity index is 1.90. The van der Waals surface area contributed by atoms with Crippen LogP contribution in [-0.2, 0) is 17.5 Å². The number of carbonyl (C=O) groups excluding carboxylic acids is 1.